The second-order valence-corrected chi connectivity index (χ2v) is 6.81. The Morgan fingerprint density at radius 2 is 2.15 bits per heavy atom. The van der Waals surface area contributed by atoms with E-state index in [1.54, 1.807) is 25.1 Å². The molecule has 1 atom stereocenters. The summed E-state index contributed by atoms with van der Waals surface area (Å²) in [7, 11) is -3.30. The third kappa shape index (κ3) is 2.99. The lowest BCUT2D eigenvalue weighted by atomic mass is 9.80. The summed E-state index contributed by atoms with van der Waals surface area (Å²) < 4.78 is 25.6. The predicted molar refractivity (Wildman–Crippen MR) is 75.8 cm³/mol. The maximum Gasteiger partial charge on any atom is 0.232 e. The summed E-state index contributed by atoms with van der Waals surface area (Å²) in [6.07, 6.45) is 1.17. The van der Waals surface area contributed by atoms with Gasteiger partial charge < -0.3 is 0 Å². The SMILES string of the molecule is CCS(=O)(=O)Nc1ccc2c(c1)CCC(=O)[C@H]2CC#N. The number of hydrogen-bond acceptors (Lipinski definition) is 4. The molecule has 0 radical (unpaired) electrons. The summed E-state index contributed by atoms with van der Waals surface area (Å²) in [6.45, 7) is 1.57. The van der Waals surface area contributed by atoms with Gasteiger partial charge in [0.25, 0.3) is 0 Å². The Kier molecular flexibility index (Phi) is 4.09. The number of aryl methyl sites for hydroxylation is 1. The molecule has 6 heteroatoms. The van der Waals surface area contributed by atoms with Crippen LogP contribution in [-0.4, -0.2) is 20.0 Å². The van der Waals surface area contributed by atoms with Gasteiger partial charge in [-0.2, -0.15) is 5.26 Å². The van der Waals surface area contributed by atoms with Gasteiger partial charge in [0.15, 0.2) is 0 Å². The lowest BCUT2D eigenvalue weighted by molar-refractivity contribution is -0.120. The zero-order valence-corrected chi connectivity index (χ0v) is 12.0. The Bertz CT molecular complexity index is 674. The smallest absolute Gasteiger partial charge is 0.232 e. The summed E-state index contributed by atoms with van der Waals surface area (Å²) >= 11 is 0. The fourth-order valence-electron chi connectivity index (χ4n) is 2.40. The molecule has 1 aromatic rings. The van der Waals surface area contributed by atoms with E-state index in [1.807, 2.05) is 6.07 Å². The summed E-state index contributed by atoms with van der Waals surface area (Å²) in [5.41, 5.74) is 2.30. The van der Waals surface area contributed by atoms with Crippen LogP contribution < -0.4 is 4.72 Å². The number of anilines is 1. The molecule has 0 bridgehead atoms. The van der Waals surface area contributed by atoms with E-state index in [1.165, 1.54) is 0 Å². The summed E-state index contributed by atoms with van der Waals surface area (Å²) in [5.74, 6) is -0.277. The zero-order chi connectivity index (χ0) is 14.8. The van der Waals surface area contributed by atoms with Crippen molar-refractivity contribution in [2.24, 2.45) is 0 Å². The highest BCUT2D eigenvalue weighted by atomic mass is 32.2. The molecule has 20 heavy (non-hydrogen) atoms. The van der Waals surface area contributed by atoms with Gasteiger partial charge in [-0.15, -0.1) is 0 Å². The molecular weight excluding hydrogens is 276 g/mol. The van der Waals surface area contributed by atoms with E-state index < -0.39 is 10.0 Å². The van der Waals surface area contributed by atoms with Crippen LogP contribution in [0, 0.1) is 11.3 Å². The number of carbonyl (C=O) groups excluding carboxylic acids is 1. The van der Waals surface area contributed by atoms with Crippen molar-refractivity contribution >= 4 is 21.5 Å². The van der Waals surface area contributed by atoms with E-state index >= 15 is 0 Å². The van der Waals surface area contributed by atoms with Crippen LogP contribution in [0.15, 0.2) is 18.2 Å². The average Bonchev–Trinajstić information content (AvgIpc) is 2.42. The monoisotopic (exact) mass is 292 g/mol. The molecular formula is C14H16N2O3S. The van der Waals surface area contributed by atoms with Crippen LogP contribution in [0.4, 0.5) is 5.69 Å². The predicted octanol–water partition coefficient (Wildman–Crippen LogP) is 1.96. The second-order valence-electron chi connectivity index (χ2n) is 4.80. The third-order valence-corrected chi connectivity index (χ3v) is 4.80. The van der Waals surface area contributed by atoms with Crippen LogP contribution in [0.1, 0.15) is 36.8 Å². The highest BCUT2D eigenvalue weighted by Crippen LogP contribution is 2.33. The number of Topliss-reactive ketones (excluding diaryl/α,β-unsaturated/α-hetero) is 1. The van der Waals surface area contributed by atoms with Gasteiger partial charge in [0.1, 0.15) is 5.78 Å². The Morgan fingerprint density at radius 1 is 1.40 bits per heavy atom. The molecule has 1 aromatic carbocycles. The van der Waals surface area contributed by atoms with Gasteiger partial charge in [-0.25, -0.2) is 8.42 Å². The lowest BCUT2D eigenvalue weighted by Crippen LogP contribution is -2.21. The first-order valence-electron chi connectivity index (χ1n) is 6.50. The molecule has 0 saturated carbocycles. The Balaban J connectivity index is 2.33. The van der Waals surface area contributed by atoms with Crippen LogP contribution in [0.3, 0.4) is 0 Å². The van der Waals surface area contributed by atoms with E-state index in [4.69, 9.17) is 5.26 Å². The quantitative estimate of drug-likeness (QED) is 0.919. The molecule has 0 saturated heterocycles. The van der Waals surface area contributed by atoms with Crippen molar-refractivity contribution in [1.29, 1.82) is 5.26 Å². The minimum atomic E-state index is -3.30. The molecule has 106 valence electrons. The first kappa shape index (κ1) is 14.5. The van der Waals surface area contributed by atoms with Crippen molar-refractivity contribution in [2.75, 3.05) is 10.5 Å². The van der Waals surface area contributed by atoms with Crippen molar-refractivity contribution in [3.05, 3.63) is 29.3 Å². The van der Waals surface area contributed by atoms with Crippen molar-refractivity contribution < 1.29 is 13.2 Å². The number of rotatable bonds is 4. The third-order valence-electron chi connectivity index (χ3n) is 3.50. The van der Waals surface area contributed by atoms with Crippen molar-refractivity contribution in [3.63, 3.8) is 0 Å². The molecule has 0 amide bonds. The van der Waals surface area contributed by atoms with Gasteiger partial charge in [-0.05, 0) is 36.6 Å². The maximum absolute atomic E-state index is 11.8. The first-order valence-corrected chi connectivity index (χ1v) is 8.15. The van der Waals surface area contributed by atoms with Gasteiger partial charge in [0.05, 0.1) is 17.7 Å². The molecule has 1 N–H and O–H groups in total. The van der Waals surface area contributed by atoms with E-state index in [9.17, 15) is 13.2 Å². The minimum absolute atomic E-state index is 0.0135. The number of fused-ring (bicyclic) bond motifs is 1. The van der Waals surface area contributed by atoms with Gasteiger partial charge in [0.2, 0.25) is 10.0 Å². The number of nitrogens with zero attached hydrogens (tertiary/aromatic N) is 1. The van der Waals surface area contributed by atoms with E-state index in [2.05, 4.69) is 4.72 Å². The fraction of sp³-hybridized carbons (Fsp3) is 0.429. The number of carbonyl (C=O) groups is 1. The van der Waals surface area contributed by atoms with Gasteiger partial charge in [-0.3, -0.25) is 9.52 Å². The molecule has 0 aromatic heterocycles. The fourth-order valence-corrected chi connectivity index (χ4v) is 3.03. The topological polar surface area (TPSA) is 87.0 Å². The molecule has 1 aliphatic rings. The summed E-state index contributed by atoms with van der Waals surface area (Å²) in [5, 5.41) is 8.81. The molecule has 0 unspecified atom stereocenters. The average molecular weight is 292 g/mol. The van der Waals surface area contributed by atoms with Crippen LogP contribution >= 0.6 is 0 Å². The number of ketones is 1. The Labute approximate surface area is 118 Å². The van der Waals surface area contributed by atoms with E-state index in [0.717, 1.165) is 11.1 Å². The van der Waals surface area contributed by atoms with Gasteiger partial charge in [0, 0.05) is 18.5 Å². The van der Waals surface area contributed by atoms with Crippen molar-refractivity contribution in [1.82, 2.24) is 0 Å². The largest absolute Gasteiger partial charge is 0.299 e. The highest BCUT2D eigenvalue weighted by Gasteiger charge is 2.27. The van der Waals surface area contributed by atoms with Gasteiger partial charge in [-0.1, -0.05) is 6.07 Å². The number of hydrogen-bond donors (Lipinski definition) is 1. The zero-order valence-electron chi connectivity index (χ0n) is 11.2. The number of nitriles is 1. The van der Waals surface area contributed by atoms with Gasteiger partial charge >= 0.3 is 0 Å². The van der Waals surface area contributed by atoms with Crippen LogP contribution in [0.25, 0.3) is 0 Å². The first-order chi connectivity index (χ1) is 9.46. The number of nitrogens with one attached hydrogen (secondary N) is 1. The van der Waals surface area contributed by atoms with Crippen LogP contribution in [-0.2, 0) is 21.2 Å². The number of benzene rings is 1. The molecule has 0 spiro atoms. The minimum Gasteiger partial charge on any atom is -0.299 e. The summed E-state index contributed by atoms with van der Waals surface area (Å²) in [6, 6.07) is 7.20. The molecule has 5 nitrogen and oxygen atoms in total. The molecule has 0 heterocycles. The Hall–Kier alpha value is -1.87. The van der Waals surface area contributed by atoms with Crippen LogP contribution in [0.2, 0.25) is 0 Å². The molecule has 1 aliphatic carbocycles. The highest BCUT2D eigenvalue weighted by molar-refractivity contribution is 7.92. The number of sulfonamides is 1. The van der Waals surface area contributed by atoms with Crippen molar-refractivity contribution in [3.8, 4) is 6.07 Å². The van der Waals surface area contributed by atoms with E-state index in [-0.39, 0.29) is 23.9 Å². The molecule has 0 fully saturated rings. The van der Waals surface area contributed by atoms with E-state index in [0.29, 0.717) is 18.5 Å². The standard InChI is InChI=1S/C14H16N2O3S/c1-2-20(18,19)16-11-4-5-12-10(9-11)3-6-14(17)13(12)7-8-15/h4-5,9,13,16H,2-3,6-7H2,1H3/t13-/m0/s1. The summed E-state index contributed by atoms with van der Waals surface area (Å²) in [4.78, 5) is 11.8. The molecule has 0 aliphatic heterocycles. The second kappa shape index (κ2) is 5.63. The lowest BCUT2D eigenvalue weighted by Gasteiger charge is -2.23. The van der Waals surface area contributed by atoms with Crippen molar-refractivity contribution in [2.45, 2.75) is 32.1 Å². The Morgan fingerprint density at radius 3 is 2.80 bits per heavy atom. The molecule has 2 rings (SSSR count). The maximum atomic E-state index is 11.8. The normalized spacial score (nSPS) is 18.2. The van der Waals surface area contributed by atoms with Crippen LogP contribution in [0.5, 0.6) is 0 Å².